The van der Waals surface area contributed by atoms with Crippen molar-refractivity contribution in [2.45, 2.75) is 0 Å². The lowest BCUT2D eigenvalue weighted by Gasteiger charge is -2.13. The van der Waals surface area contributed by atoms with Gasteiger partial charge in [0, 0.05) is 32.8 Å². The summed E-state index contributed by atoms with van der Waals surface area (Å²) in [7, 11) is 0. The summed E-state index contributed by atoms with van der Waals surface area (Å²) in [5.41, 5.74) is 11.5. The predicted molar refractivity (Wildman–Crippen MR) is 225 cm³/mol. The number of hydrogen-bond acceptors (Lipinski definition) is 1. The maximum Gasteiger partial charge on any atom is 0.0788 e. The monoisotopic (exact) mass is 672 g/mol. The van der Waals surface area contributed by atoms with Gasteiger partial charge in [-0.15, -0.1) is 0 Å². The number of hydrogen-bond donors (Lipinski definition) is 0. The van der Waals surface area contributed by atoms with Gasteiger partial charge in [-0.3, -0.25) is 0 Å². The number of benzene rings is 9. The Labute approximate surface area is 306 Å². The minimum Gasteiger partial charge on any atom is -0.309 e. The lowest BCUT2D eigenvalue weighted by Crippen LogP contribution is -1.94. The molecule has 53 heavy (non-hydrogen) atoms. The van der Waals surface area contributed by atoms with E-state index in [1.165, 1.54) is 71.0 Å². The topological polar surface area (TPSA) is 17.8 Å². The molecule has 246 valence electrons. The molecule has 2 aromatic heterocycles. The summed E-state index contributed by atoms with van der Waals surface area (Å²) in [6, 6.07) is 70.5. The zero-order valence-corrected chi connectivity index (χ0v) is 28.9. The second-order valence-electron chi connectivity index (χ2n) is 14.0. The first-order valence-electron chi connectivity index (χ1n) is 18.2. The standard InChI is InChI=1S/C51H32N2/c1-2-15-42(16-3-1)53-49-20-9-7-18-44(49)46-31-47-45(32-50(46)53)43-17-6-8-19-48(43)52-51(47)41-14-10-13-35(30-41)36-23-24-40-29-39(26-25-38(40)28-36)37-22-21-33-11-4-5-12-34(33)27-37/h1-32H. The van der Waals surface area contributed by atoms with E-state index in [1.54, 1.807) is 0 Å². The van der Waals surface area contributed by atoms with Gasteiger partial charge in [0.05, 0.1) is 22.2 Å². The van der Waals surface area contributed by atoms with Crippen molar-refractivity contribution in [3.63, 3.8) is 0 Å². The summed E-state index contributed by atoms with van der Waals surface area (Å²) < 4.78 is 2.39. The van der Waals surface area contributed by atoms with E-state index in [2.05, 4.69) is 199 Å². The third-order valence-electron chi connectivity index (χ3n) is 10.9. The molecule has 2 nitrogen and oxygen atoms in total. The Morgan fingerprint density at radius 1 is 0.302 bits per heavy atom. The first-order chi connectivity index (χ1) is 26.2. The number of aromatic nitrogens is 2. The summed E-state index contributed by atoms with van der Waals surface area (Å²) in [5, 5.41) is 11.0. The number of rotatable bonds is 4. The Hall–Kier alpha value is -7.03. The lowest BCUT2D eigenvalue weighted by molar-refractivity contribution is 1.18. The van der Waals surface area contributed by atoms with Crippen molar-refractivity contribution in [3.05, 3.63) is 194 Å². The Morgan fingerprint density at radius 3 is 1.66 bits per heavy atom. The van der Waals surface area contributed by atoms with Crippen molar-refractivity contribution < 1.29 is 0 Å². The summed E-state index contributed by atoms with van der Waals surface area (Å²) in [6.07, 6.45) is 0. The van der Waals surface area contributed by atoms with Crippen molar-refractivity contribution in [3.8, 4) is 39.2 Å². The van der Waals surface area contributed by atoms with Gasteiger partial charge < -0.3 is 4.57 Å². The predicted octanol–water partition coefficient (Wildman–Crippen LogP) is 13.8. The highest BCUT2D eigenvalue weighted by Crippen LogP contribution is 2.41. The van der Waals surface area contributed by atoms with Crippen LogP contribution in [0.25, 0.3) is 104 Å². The van der Waals surface area contributed by atoms with Gasteiger partial charge in [0.2, 0.25) is 0 Å². The molecule has 0 aliphatic carbocycles. The van der Waals surface area contributed by atoms with Crippen LogP contribution in [0.3, 0.4) is 0 Å². The van der Waals surface area contributed by atoms with Crippen LogP contribution in [0, 0.1) is 0 Å². The van der Waals surface area contributed by atoms with E-state index in [0.29, 0.717) is 0 Å². The van der Waals surface area contributed by atoms with Crippen LogP contribution in [0.1, 0.15) is 0 Å². The summed E-state index contributed by atoms with van der Waals surface area (Å²) in [5.74, 6) is 0. The van der Waals surface area contributed by atoms with Gasteiger partial charge >= 0.3 is 0 Å². The van der Waals surface area contributed by atoms with E-state index in [9.17, 15) is 0 Å². The van der Waals surface area contributed by atoms with Crippen molar-refractivity contribution in [1.82, 2.24) is 9.55 Å². The molecule has 9 aromatic carbocycles. The molecule has 0 amide bonds. The van der Waals surface area contributed by atoms with Gasteiger partial charge in [0.25, 0.3) is 0 Å². The fraction of sp³-hybridized carbons (Fsp3) is 0. The zero-order valence-electron chi connectivity index (χ0n) is 28.9. The Morgan fingerprint density at radius 2 is 0.887 bits per heavy atom. The molecule has 0 bridgehead atoms. The number of fused-ring (bicyclic) bond motifs is 8. The Bertz CT molecular complexity index is 3220. The fourth-order valence-corrected chi connectivity index (χ4v) is 8.31. The minimum atomic E-state index is 0.995. The van der Waals surface area contributed by atoms with Gasteiger partial charge in [-0.2, -0.15) is 0 Å². The number of pyridine rings is 1. The van der Waals surface area contributed by atoms with E-state index < -0.39 is 0 Å². The van der Waals surface area contributed by atoms with Crippen molar-refractivity contribution in [2.75, 3.05) is 0 Å². The van der Waals surface area contributed by atoms with Crippen molar-refractivity contribution >= 4 is 65.0 Å². The molecule has 0 unspecified atom stereocenters. The first-order valence-corrected chi connectivity index (χ1v) is 18.2. The van der Waals surface area contributed by atoms with E-state index in [0.717, 1.165) is 33.2 Å². The minimum absolute atomic E-state index is 0.995. The highest BCUT2D eigenvalue weighted by Gasteiger charge is 2.18. The van der Waals surface area contributed by atoms with Crippen LogP contribution < -0.4 is 0 Å². The van der Waals surface area contributed by atoms with E-state index in [4.69, 9.17) is 4.98 Å². The highest BCUT2D eigenvalue weighted by atomic mass is 15.0. The molecule has 0 fully saturated rings. The van der Waals surface area contributed by atoms with Crippen LogP contribution in [0.5, 0.6) is 0 Å². The van der Waals surface area contributed by atoms with Crippen molar-refractivity contribution in [2.24, 2.45) is 0 Å². The molecular weight excluding hydrogens is 641 g/mol. The maximum absolute atomic E-state index is 5.36. The SMILES string of the molecule is c1ccc(-n2c3ccccc3c3cc4c(-c5cccc(-c6ccc7cc(-c8ccc9ccccc9c8)ccc7c6)c5)nc5ccccc5c4cc32)cc1. The quantitative estimate of drug-likeness (QED) is 0.170. The fourth-order valence-electron chi connectivity index (χ4n) is 8.31. The van der Waals surface area contributed by atoms with Gasteiger partial charge in [0.1, 0.15) is 0 Å². The molecule has 0 aliphatic heterocycles. The molecule has 0 aliphatic rings. The summed E-state index contributed by atoms with van der Waals surface area (Å²) >= 11 is 0. The second kappa shape index (κ2) is 11.8. The molecule has 0 spiro atoms. The van der Waals surface area contributed by atoms with Crippen LogP contribution in [0.15, 0.2) is 194 Å². The molecule has 11 aromatic rings. The van der Waals surface area contributed by atoms with Crippen molar-refractivity contribution in [1.29, 1.82) is 0 Å². The largest absolute Gasteiger partial charge is 0.309 e. The Balaban J connectivity index is 1.06. The van der Waals surface area contributed by atoms with Gasteiger partial charge in [0.15, 0.2) is 0 Å². The van der Waals surface area contributed by atoms with E-state index in [1.807, 2.05) is 0 Å². The molecule has 0 saturated carbocycles. The molecule has 0 radical (unpaired) electrons. The molecule has 11 rings (SSSR count). The van der Waals surface area contributed by atoms with Crippen LogP contribution >= 0.6 is 0 Å². The average Bonchev–Trinajstić information content (AvgIpc) is 3.55. The van der Waals surface area contributed by atoms with Crippen LogP contribution in [0.4, 0.5) is 0 Å². The Kier molecular flexibility index (Phi) is 6.59. The highest BCUT2D eigenvalue weighted by molar-refractivity contribution is 6.20. The maximum atomic E-state index is 5.36. The van der Waals surface area contributed by atoms with Gasteiger partial charge in [-0.25, -0.2) is 4.98 Å². The molecule has 2 heteroatoms. The molecule has 0 N–H and O–H groups in total. The molecule has 0 saturated heterocycles. The molecule has 2 heterocycles. The number of para-hydroxylation sites is 3. The number of nitrogens with zero attached hydrogens (tertiary/aromatic N) is 2. The van der Waals surface area contributed by atoms with E-state index >= 15 is 0 Å². The van der Waals surface area contributed by atoms with Crippen LogP contribution in [0.2, 0.25) is 0 Å². The van der Waals surface area contributed by atoms with E-state index in [-0.39, 0.29) is 0 Å². The van der Waals surface area contributed by atoms with Crippen LogP contribution in [-0.2, 0) is 0 Å². The zero-order chi connectivity index (χ0) is 34.9. The summed E-state index contributed by atoms with van der Waals surface area (Å²) in [6.45, 7) is 0. The third-order valence-corrected chi connectivity index (χ3v) is 10.9. The van der Waals surface area contributed by atoms with Crippen LogP contribution in [-0.4, -0.2) is 9.55 Å². The smallest absolute Gasteiger partial charge is 0.0788 e. The molecular formula is C51H32N2. The lowest BCUT2D eigenvalue weighted by atomic mass is 9.94. The average molecular weight is 673 g/mol. The summed E-state index contributed by atoms with van der Waals surface area (Å²) in [4.78, 5) is 5.36. The van der Waals surface area contributed by atoms with Gasteiger partial charge in [-0.05, 0) is 110 Å². The second-order valence-corrected chi connectivity index (χ2v) is 14.0. The third kappa shape index (κ3) is 4.84. The first kappa shape index (κ1) is 29.7. The van der Waals surface area contributed by atoms with Gasteiger partial charge in [-0.1, -0.05) is 133 Å². The molecule has 0 atom stereocenters. The normalized spacial score (nSPS) is 11.8.